The molecule has 0 aliphatic heterocycles. The second kappa shape index (κ2) is 6.47. The Hall–Kier alpha value is -0.450. The van der Waals surface area contributed by atoms with Gasteiger partial charge in [0.05, 0.1) is 0 Å². The van der Waals surface area contributed by atoms with E-state index in [4.69, 9.17) is 4.74 Å². The highest BCUT2D eigenvalue weighted by atomic mass is 32.1. The van der Waals surface area contributed by atoms with Crippen molar-refractivity contribution in [3.05, 3.63) is 16.1 Å². The van der Waals surface area contributed by atoms with Crippen LogP contribution in [0.3, 0.4) is 0 Å². The predicted octanol–water partition coefficient (Wildman–Crippen LogP) is 3.13. The molecule has 1 aliphatic carbocycles. The normalized spacial score (nSPS) is 19.4. The van der Waals surface area contributed by atoms with E-state index in [9.17, 15) is 0 Å². The van der Waals surface area contributed by atoms with Crippen molar-refractivity contribution in [2.45, 2.75) is 44.8 Å². The van der Waals surface area contributed by atoms with Gasteiger partial charge < -0.3 is 10.1 Å². The predicted molar refractivity (Wildman–Crippen MR) is 71.2 cm³/mol. The van der Waals surface area contributed by atoms with E-state index in [0.717, 1.165) is 11.6 Å². The number of aromatic nitrogens is 1. The van der Waals surface area contributed by atoms with E-state index in [0.29, 0.717) is 5.92 Å². The maximum Gasteiger partial charge on any atom is 0.122 e. The fraction of sp³-hybridized carbons (Fsp3) is 0.769. The van der Waals surface area contributed by atoms with Gasteiger partial charge in [0.1, 0.15) is 11.1 Å². The molecule has 1 aromatic rings. The van der Waals surface area contributed by atoms with Crippen LogP contribution in [0.5, 0.6) is 0 Å². The topological polar surface area (TPSA) is 34.2 Å². The van der Waals surface area contributed by atoms with Gasteiger partial charge in [0.2, 0.25) is 0 Å². The number of nitrogens with one attached hydrogen (secondary N) is 1. The zero-order chi connectivity index (χ0) is 12.1. The summed E-state index contributed by atoms with van der Waals surface area (Å²) in [6.07, 6.45) is 8.85. The number of rotatable bonds is 5. The van der Waals surface area contributed by atoms with Crippen LogP contribution in [-0.2, 0) is 11.3 Å². The molecule has 1 atom stereocenters. The number of thiazole rings is 1. The van der Waals surface area contributed by atoms with Crippen LogP contribution < -0.4 is 5.32 Å². The number of hydrogen-bond acceptors (Lipinski definition) is 4. The number of ether oxygens (including phenoxy) is 1. The Morgan fingerprint density at radius 3 is 2.88 bits per heavy atom. The fourth-order valence-electron chi connectivity index (χ4n) is 2.64. The fourth-order valence-corrected chi connectivity index (χ4v) is 3.74. The monoisotopic (exact) mass is 254 g/mol. The van der Waals surface area contributed by atoms with Gasteiger partial charge in [-0.25, -0.2) is 4.98 Å². The molecular formula is C13H22N2OS. The smallest absolute Gasteiger partial charge is 0.122 e. The zero-order valence-electron chi connectivity index (χ0n) is 10.7. The highest BCUT2D eigenvalue weighted by molar-refractivity contribution is 7.11. The molecule has 3 nitrogen and oxygen atoms in total. The largest absolute Gasteiger partial charge is 0.374 e. The molecular weight excluding hydrogens is 232 g/mol. The molecule has 1 aliphatic rings. The van der Waals surface area contributed by atoms with E-state index in [1.807, 2.05) is 20.4 Å². The second-order valence-corrected chi connectivity index (χ2v) is 5.90. The van der Waals surface area contributed by atoms with Crippen LogP contribution in [0.4, 0.5) is 0 Å². The zero-order valence-corrected chi connectivity index (χ0v) is 11.6. The first-order valence-electron chi connectivity index (χ1n) is 6.47. The van der Waals surface area contributed by atoms with E-state index < -0.39 is 0 Å². The van der Waals surface area contributed by atoms with Gasteiger partial charge in [-0.3, -0.25) is 0 Å². The summed E-state index contributed by atoms with van der Waals surface area (Å²) in [5, 5.41) is 4.32. The van der Waals surface area contributed by atoms with E-state index in [2.05, 4.69) is 10.3 Å². The summed E-state index contributed by atoms with van der Waals surface area (Å²) in [6.45, 7) is 0.902. The minimum Gasteiger partial charge on any atom is -0.374 e. The summed E-state index contributed by atoms with van der Waals surface area (Å²) in [5.41, 5.74) is 0. The maximum atomic E-state index is 5.69. The molecule has 1 fully saturated rings. The van der Waals surface area contributed by atoms with Gasteiger partial charge in [-0.1, -0.05) is 19.3 Å². The van der Waals surface area contributed by atoms with Crippen LogP contribution in [0.25, 0.3) is 0 Å². The standard InChI is InChI=1S/C13H22N2OS/c1-14-8-11-9-15-13(17-11)12(16-2)10-6-4-3-5-7-10/h9-10,12,14H,3-8H2,1-2H3. The van der Waals surface area contributed by atoms with Gasteiger partial charge in [0, 0.05) is 24.7 Å². The van der Waals surface area contributed by atoms with Gasteiger partial charge >= 0.3 is 0 Å². The molecule has 1 heterocycles. The summed E-state index contributed by atoms with van der Waals surface area (Å²) in [5.74, 6) is 0.669. The molecule has 0 bridgehead atoms. The summed E-state index contributed by atoms with van der Waals surface area (Å²) in [4.78, 5) is 5.83. The minimum absolute atomic E-state index is 0.214. The van der Waals surface area contributed by atoms with Crippen LogP contribution in [0, 0.1) is 5.92 Å². The van der Waals surface area contributed by atoms with Crippen molar-refractivity contribution in [3.8, 4) is 0 Å². The minimum atomic E-state index is 0.214. The van der Waals surface area contributed by atoms with E-state index in [1.165, 1.54) is 37.0 Å². The lowest BCUT2D eigenvalue weighted by Crippen LogP contribution is -2.17. The molecule has 0 aromatic carbocycles. The number of hydrogen-bond donors (Lipinski definition) is 1. The first kappa shape index (κ1) is 13.0. The third kappa shape index (κ3) is 3.27. The highest BCUT2D eigenvalue weighted by Gasteiger charge is 2.27. The molecule has 96 valence electrons. The van der Waals surface area contributed by atoms with Gasteiger partial charge in [-0.2, -0.15) is 0 Å². The van der Waals surface area contributed by atoms with Crippen molar-refractivity contribution < 1.29 is 4.74 Å². The molecule has 1 unspecified atom stereocenters. The van der Waals surface area contributed by atoms with E-state index in [-0.39, 0.29) is 6.10 Å². The molecule has 1 N–H and O–H groups in total. The first-order valence-corrected chi connectivity index (χ1v) is 7.28. The van der Waals surface area contributed by atoms with Crippen LogP contribution in [0.1, 0.15) is 48.1 Å². The molecule has 4 heteroatoms. The Labute approximate surface area is 108 Å². The lowest BCUT2D eigenvalue weighted by atomic mass is 9.85. The SMILES string of the molecule is CNCc1cnc(C(OC)C2CCCCC2)s1. The number of nitrogens with zero attached hydrogens (tertiary/aromatic N) is 1. The van der Waals surface area contributed by atoms with Crippen molar-refractivity contribution in [2.75, 3.05) is 14.2 Å². The molecule has 0 amide bonds. The molecule has 0 radical (unpaired) electrons. The van der Waals surface area contributed by atoms with Gasteiger partial charge in [-0.15, -0.1) is 11.3 Å². The van der Waals surface area contributed by atoms with Crippen LogP contribution in [0.2, 0.25) is 0 Å². The summed E-state index contributed by atoms with van der Waals surface area (Å²) in [7, 11) is 3.78. The quantitative estimate of drug-likeness (QED) is 0.876. The Bertz CT molecular complexity index is 334. The summed E-state index contributed by atoms with van der Waals surface area (Å²) < 4.78 is 5.69. The van der Waals surface area contributed by atoms with Crippen LogP contribution >= 0.6 is 11.3 Å². The second-order valence-electron chi connectivity index (χ2n) is 4.75. The third-order valence-corrected chi connectivity index (χ3v) is 4.56. The number of methoxy groups -OCH3 is 1. The summed E-state index contributed by atoms with van der Waals surface area (Å²) >= 11 is 1.79. The van der Waals surface area contributed by atoms with Gasteiger partial charge in [0.25, 0.3) is 0 Å². The molecule has 1 saturated carbocycles. The van der Waals surface area contributed by atoms with Crippen LogP contribution in [0.15, 0.2) is 6.20 Å². The van der Waals surface area contributed by atoms with Crippen molar-refractivity contribution >= 4 is 11.3 Å². The maximum absolute atomic E-state index is 5.69. The molecule has 0 spiro atoms. The van der Waals surface area contributed by atoms with Crippen molar-refractivity contribution in [2.24, 2.45) is 5.92 Å². The van der Waals surface area contributed by atoms with Crippen molar-refractivity contribution in [1.29, 1.82) is 0 Å². The summed E-state index contributed by atoms with van der Waals surface area (Å²) in [6, 6.07) is 0. The molecule has 17 heavy (non-hydrogen) atoms. The Kier molecular flexibility index (Phi) is 4.95. The molecule has 2 rings (SSSR count). The lowest BCUT2D eigenvalue weighted by Gasteiger charge is -2.27. The van der Waals surface area contributed by atoms with Crippen molar-refractivity contribution in [1.82, 2.24) is 10.3 Å². The van der Waals surface area contributed by atoms with Gasteiger partial charge in [0.15, 0.2) is 0 Å². The Morgan fingerprint density at radius 2 is 2.24 bits per heavy atom. The van der Waals surface area contributed by atoms with E-state index in [1.54, 1.807) is 11.3 Å². The van der Waals surface area contributed by atoms with E-state index >= 15 is 0 Å². The first-order chi connectivity index (χ1) is 8.35. The van der Waals surface area contributed by atoms with Crippen molar-refractivity contribution in [3.63, 3.8) is 0 Å². The van der Waals surface area contributed by atoms with Gasteiger partial charge in [-0.05, 0) is 25.8 Å². The third-order valence-electron chi connectivity index (χ3n) is 3.50. The Morgan fingerprint density at radius 1 is 1.47 bits per heavy atom. The molecule has 0 saturated heterocycles. The van der Waals surface area contributed by atoms with Crippen LogP contribution in [-0.4, -0.2) is 19.1 Å². The highest BCUT2D eigenvalue weighted by Crippen LogP contribution is 2.37. The Balaban J connectivity index is 2.04. The average Bonchev–Trinajstić information content (AvgIpc) is 2.81. The lowest BCUT2D eigenvalue weighted by molar-refractivity contribution is 0.0352. The molecule has 1 aromatic heterocycles. The average molecular weight is 254 g/mol.